The third-order valence-corrected chi connectivity index (χ3v) is 2.74. The third kappa shape index (κ3) is 1.85. The Labute approximate surface area is 79.0 Å². The number of phenols is 2. The summed E-state index contributed by atoms with van der Waals surface area (Å²) in [5, 5.41) is 17.4. The maximum atomic E-state index is 10.6. The van der Waals surface area contributed by atoms with E-state index in [4.69, 9.17) is 26.4 Å². The van der Waals surface area contributed by atoms with Gasteiger partial charge in [-0.2, -0.15) is 8.42 Å². The Bertz CT molecular complexity index is 439. The molecule has 0 radical (unpaired) electrons. The molecule has 0 bridgehead atoms. The van der Waals surface area contributed by atoms with Gasteiger partial charge in [0, 0.05) is 0 Å². The van der Waals surface area contributed by atoms with Gasteiger partial charge in [0.05, 0.1) is 0 Å². The van der Waals surface area contributed by atoms with Gasteiger partial charge in [0.25, 0.3) is 10.1 Å². The molecule has 7 heteroatoms. The van der Waals surface area contributed by atoms with Crippen LogP contribution in [0.3, 0.4) is 0 Å². The first kappa shape index (κ1) is 10.1. The molecule has 0 aliphatic rings. The fourth-order valence-corrected chi connectivity index (χ4v) is 1.90. The Kier molecular flexibility index (Phi) is 2.38. The molecule has 0 heterocycles. The van der Waals surface area contributed by atoms with Crippen molar-refractivity contribution in [1.82, 2.24) is 0 Å². The zero-order valence-electron chi connectivity index (χ0n) is 6.10. The standard InChI is InChI=1S/C6H5ClO5S/c7-5-3(8)1-2-4(9)6(5)13(10,11)12/h1-2,8-9H,(H,10,11,12). The molecule has 0 atom stereocenters. The lowest BCUT2D eigenvalue weighted by molar-refractivity contribution is 0.433. The highest BCUT2D eigenvalue weighted by atomic mass is 35.5. The van der Waals surface area contributed by atoms with Crippen molar-refractivity contribution >= 4 is 21.7 Å². The second kappa shape index (κ2) is 3.06. The number of hydrogen-bond donors (Lipinski definition) is 3. The van der Waals surface area contributed by atoms with Crippen LogP contribution in [0.2, 0.25) is 5.02 Å². The van der Waals surface area contributed by atoms with Crippen LogP contribution < -0.4 is 0 Å². The number of hydrogen-bond acceptors (Lipinski definition) is 4. The predicted octanol–water partition coefficient (Wildman–Crippen LogP) is 0.998. The summed E-state index contributed by atoms with van der Waals surface area (Å²) < 4.78 is 29.8. The molecule has 5 nitrogen and oxygen atoms in total. The Morgan fingerprint density at radius 2 is 1.62 bits per heavy atom. The van der Waals surface area contributed by atoms with Crippen molar-refractivity contribution in [1.29, 1.82) is 0 Å². The second-order valence-electron chi connectivity index (χ2n) is 2.22. The van der Waals surface area contributed by atoms with E-state index in [1.54, 1.807) is 0 Å². The van der Waals surface area contributed by atoms with Crippen LogP contribution >= 0.6 is 11.6 Å². The van der Waals surface area contributed by atoms with Crippen molar-refractivity contribution in [2.75, 3.05) is 0 Å². The van der Waals surface area contributed by atoms with Crippen LogP contribution in [0.25, 0.3) is 0 Å². The first-order valence-corrected chi connectivity index (χ1v) is 4.83. The summed E-state index contributed by atoms with van der Waals surface area (Å²) in [6.07, 6.45) is 0. The van der Waals surface area contributed by atoms with Crippen molar-refractivity contribution in [2.24, 2.45) is 0 Å². The molecule has 72 valence electrons. The molecule has 1 aromatic carbocycles. The molecule has 0 aliphatic carbocycles. The van der Waals surface area contributed by atoms with E-state index in [-0.39, 0.29) is 0 Å². The average Bonchev–Trinajstić information content (AvgIpc) is 1.95. The van der Waals surface area contributed by atoms with Gasteiger partial charge in [-0.25, -0.2) is 0 Å². The lowest BCUT2D eigenvalue weighted by atomic mass is 10.3. The van der Waals surface area contributed by atoms with Crippen LogP contribution in [0.1, 0.15) is 0 Å². The number of aromatic hydroxyl groups is 2. The van der Waals surface area contributed by atoms with Crippen LogP contribution in [-0.4, -0.2) is 23.2 Å². The van der Waals surface area contributed by atoms with E-state index >= 15 is 0 Å². The van der Waals surface area contributed by atoms with Gasteiger partial charge in [0.15, 0.2) is 4.90 Å². The van der Waals surface area contributed by atoms with Gasteiger partial charge in [-0.3, -0.25) is 4.55 Å². The summed E-state index contributed by atoms with van der Waals surface area (Å²) in [6, 6.07) is 1.91. The van der Waals surface area contributed by atoms with Gasteiger partial charge >= 0.3 is 0 Å². The number of phenolic OH excluding ortho intramolecular Hbond substituents is 2. The zero-order valence-corrected chi connectivity index (χ0v) is 7.67. The van der Waals surface area contributed by atoms with E-state index in [2.05, 4.69) is 0 Å². The van der Waals surface area contributed by atoms with Gasteiger partial charge in [-0.1, -0.05) is 11.6 Å². The van der Waals surface area contributed by atoms with Crippen molar-refractivity contribution < 1.29 is 23.2 Å². The number of halogens is 1. The summed E-state index contributed by atoms with van der Waals surface area (Å²) in [4.78, 5) is -0.894. The lowest BCUT2D eigenvalue weighted by Gasteiger charge is -2.04. The van der Waals surface area contributed by atoms with Crippen LogP contribution in [0.15, 0.2) is 17.0 Å². The first-order valence-electron chi connectivity index (χ1n) is 3.02. The van der Waals surface area contributed by atoms with Crippen molar-refractivity contribution in [3.63, 3.8) is 0 Å². The minimum Gasteiger partial charge on any atom is -0.506 e. The molecule has 0 aliphatic heterocycles. The number of benzene rings is 1. The summed E-state index contributed by atoms with van der Waals surface area (Å²) in [5.74, 6) is -1.25. The second-order valence-corrected chi connectivity index (χ2v) is 3.96. The molecule has 0 amide bonds. The Balaban J connectivity index is 3.62. The average molecular weight is 225 g/mol. The van der Waals surface area contributed by atoms with E-state index in [1.165, 1.54) is 0 Å². The maximum absolute atomic E-state index is 10.6. The van der Waals surface area contributed by atoms with Crippen molar-refractivity contribution in [2.45, 2.75) is 4.90 Å². The quantitative estimate of drug-likeness (QED) is 0.489. The van der Waals surface area contributed by atoms with Crippen LogP contribution in [0.5, 0.6) is 11.5 Å². The summed E-state index contributed by atoms with van der Waals surface area (Å²) >= 11 is 5.33. The molecule has 1 rings (SSSR count). The highest BCUT2D eigenvalue weighted by Crippen LogP contribution is 2.36. The van der Waals surface area contributed by atoms with Gasteiger partial charge in [-0.05, 0) is 12.1 Å². The zero-order chi connectivity index (χ0) is 10.2. The lowest BCUT2D eigenvalue weighted by Crippen LogP contribution is -1.99. The molecule has 1 aromatic rings. The molecule has 3 N–H and O–H groups in total. The molecule has 0 spiro atoms. The predicted molar refractivity (Wildman–Crippen MR) is 44.6 cm³/mol. The van der Waals surface area contributed by atoms with Gasteiger partial charge in [0.1, 0.15) is 16.5 Å². The van der Waals surface area contributed by atoms with E-state index in [0.29, 0.717) is 0 Å². The van der Waals surface area contributed by atoms with Gasteiger partial charge in [-0.15, -0.1) is 0 Å². The minimum absolute atomic E-state index is 0.535. The SMILES string of the molecule is O=S(=O)(O)c1c(O)ccc(O)c1Cl. The molecule has 0 unspecified atom stereocenters. The number of rotatable bonds is 1. The van der Waals surface area contributed by atoms with E-state index in [0.717, 1.165) is 12.1 Å². The van der Waals surface area contributed by atoms with Crippen LogP contribution in [0, 0.1) is 0 Å². The summed E-state index contributed by atoms with van der Waals surface area (Å²) in [5.41, 5.74) is 0. The van der Waals surface area contributed by atoms with Gasteiger partial charge < -0.3 is 10.2 Å². The molecule has 0 aromatic heterocycles. The van der Waals surface area contributed by atoms with Gasteiger partial charge in [0.2, 0.25) is 0 Å². The smallest absolute Gasteiger partial charge is 0.299 e. The van der Waals surface area contributed by atoms with Crippen LogP contribution in [-0.2, 0) is 10.1 Å². The topological polar surface area (TPSA) is 94.8 Å². The van der Waals surface area contributed by atoms with E-state index in [1.807, 2.05) is 0 Å². The fraction of sp³-hybridized carbons (Fsp3) is 0. The van der Waals surface area contributed by atoms with Crippen LogP contribution in [0.4, 0.5) is 0 Å². The molecular formula is C6H5ClO5S. The fourth-order valence-electron chi connectivity index (χ4n) is 0.781. The molecule has 0 saturated carbocycles. The van der Waals surface area contributed by atoms with Crippen molar-refractivity contribution in [3.05, 3.63) is 17.2 Å². The van der Waals surface area contributed by atoms with Crippen molar-refractivity contribution in [3.8, 4) is 11.5 Å². The molecule has 0 saturated heterocycles. The Hall–Kier alpha value is -0.980. The van der Waals surface area contributed by atoms with E-state index < -0.39 is 31.5 Å². The summed E-state index contributed by atoms with van der Waals surface area (Å²) in [6.45, 7) is 0. The Morgan fingerprint density at radius 1 is 1.15 bits per heavy atom. The first-order chi connectivity index (χ1) is 5.84. The molecule has 0 fully saturated rings. The van der Waals surface area contributed by atoms with E-state index in [9.17, 15) is 8.42 Å². The highest BCUT2D eigenvalue weighted by Gasteiger charge is 2.21. The molecule has 13 heavy (non-hydrogen) atoms. The Morgan fingerprint density at radius 3 is 2.00 bits per heavy atom. The monoisotopic (exact) mass is 224 g/mol. The maximum Gasteiger partial charge on any atom is 0.299 e. The largest absolute Gasteiger partial charge is 0.506 e. The summed E-state index contributed by atoms with van der Waals surface area (Å²) in [7, 11) is -4.63. The molecular weight excluding hydrogens is 220 g/mol. The normalized spacial score (nSPS) is 11.5. The third-order valence-electron chi connectivity index (χ3n) is 1.31. The minimum atomic E-state index is -4.63. The highest BCUT2D eigenvalue weighted by molar-refractivity contribution is 7.86.